The molecule has 0 bridgehead atoms. The molecule has 0 radical (unpaired) electrons. The predicted octanol–water partition coefficient (Wildman–Crippen LogP) is 1.50. The summed E-state index contributed by atoms with van der Waals surface area (Å²) in [4.78, 5) is 27.9. The van der Waals surface area contributed by atoms with Gasteiger partial charge in [-0.05, 0) is 31.3 Å². The lowest BCUT2D eigenvalue weighted by Crippen LogP contribution is -2.52. The molecule has 2 aliphatic heterocycles. The molecule has 2 saturated heterocycles. The number of aromatic nitrogens is 2. The van der Waals surface area contributed by atoms with Crippen LogP contribution in [0, 0.1) is 6.92 Å². The molecule has 2 aliphatic rings. The highest BCUT2D eigenvalue weighted by atomic mass is 32.2. The van der Waals surface area contributed by atoms with E-state index in [1.54, 1.807) is 6.20 Å². The topological polar surface area (TPSA) is 52.6 Å². The molecule has 1 aromatic heterocycles. The number of rotatable bonds is 3. The quantitative estimate of drug-likeness (QED) is 0.824. The van der Waals surface area contributed by atoms with Crippen molar-refractivity contribution in [1.82, 2.24) is 19.8 Å². The number of thioether (sulfide) groups is 1. The second-order valence-electron chi connectivity index (χ2n) is 6.74. The normalized spacial score (nSPS) is 20.2. The smallest absolute Gasteiger partial charge is 0.257 e. The van der Waals surface area contributed by atoms with Crippen LogP contribution in [0.5, 0.6) is 0 Å². The monoisotopic (exact) mass is 349 g/mol. The minimum atomic E-state index is 0.0663. The Balaban J connectivity index is 1.60. The lowest BCUT2D eigenvalue weighted by Gasteiger charge is -2.40. The second-order valence-corrected chi connectivity index (χ2v) is 7.96. The number of hydrogen-bond acceptors (Lipinski definition) is 6. The third-order valence-corrected chi connectivity index (χ3v) is 5.95. The van der Waals surface area contributed by atoms with E-state index in [1.807, 2.05) is 30.8 Å². The van der Waals surface area contributed by atoms with Gasteiger partial charge in [-0.25, -0.2) is 9.97 Å². The molecule has 6 nitrogen and oxygen atoms in total. The Kier molecular flexibility index (Phi) is 5.61. The van der Waals surface area contributed by atoms with Crippen LogP contribution in [0.2, 0.25) is 0 Å². The van der Waals surface area contributed by atoms with E-state index in [4.69, 9.17) is 0 Å². The molecule has 1 aromatic rings. The highest BCUT2D eigenvalue weighted by Gasteiger charge is 2.28. The lowest BCUT2D eigenvalue weighted by atomic mass is 10.1. The molecule has 0 N–H and O–H groups in total. The number of anilines is 1. The van der Waals surface area contributed by atoms with Crippen LogP contribution in [0.1, 0.15) is 28.9 Å². The van der Waals surface area contributed by atoms with Crippen LogP contribution in [0.15, 0.2) is 6.20 Å². The van der Waals surface area contributed by atoms with Crippen LogP contribution in [-0.2, 0) is 0 Å². The van der Waals surface area contributed by atoms with Crippen LogP contribution in [-0.4, -0.2) is 83.5 Å². The molecule has 0 aromatic carbocycles. The number of aryl methyl sites for hydroxylation is 1. The van der Waals surface area contributed by atoms with Gasteiger partial charge in [0.15, 0.2) is 0 Å². The fourth-order valence-electron chi connectivity index (χ4n) is 3.39. The number of carbonyl (C=O) groups is 1. The van der Waals surface area contributed by atoms with E-state index in [2.05, 4.69) is 26.6 Å². The molecule has 0 unspecified atom stereocenters. The molecule has 3 heterocycles. The van der Waals surface area contributed by atoms with E-state index in [0.717, 1.165) is 31.9 Å². The van der Waals surface area contributed by atoms with E-state index in [9.17, 15) is 4.79 Å². The van der Waals surface area contributed by atoms with E-state index >= 15 is 0 Å². The molecule has 132 valence electrons. The number of amides is 1. The van der Waals surface area contributed by atoms with Gasteiger partial charge < -0.3 is 9.80 Å². The Bertz CT molecular complexity index is 580. The van der Waals surface area contributed by atoms with Gasteiger partial charge in [0.05, 0.1) is 11.3 Å². The van der Waals surface area contributed by atoms with Crippen molar-refractivity contribution in [2.75, 3.05) is 56.7 Å². The Morgan fingerprint density at radius 2 is 1.88 bits per heavy atom. The van der Waals surface area contributed by atoms with Gasteiger partial charge in [0.2, 0.25) is 5.95 Å². The van der Waals surface area contributed by atoms with Crippen LogP contribution in [0.3, 0.4) is 0 Å². The highest BCUT2D eigenvalue weighted by molar-refractivity contribution is 7.99. The first-order valence-electron chi connectivity index (χ1n) is 8.68. The van der Waals surface area contributed by atoms with Gasteiger partial charge in [-0.15, -0.1) is 0 Å². The average Bonchev–Trinajstić information content (AvgIpc) is 2.62. The third kappa shape index (κ3) is 3.83. The maximum atomic E-state index is 12.8. The number of carbonyl (C=O) groups excluding carboxylic acids is 1. The maximum absolute atomic E-state index is 12.8. The van der Waals surface area contributed by atoms with Crippen LogP contribution in [0.25, 0.3) is 0 Å². The predicted molar refractivity (Wildman–Crippen MR) is 98.9 cm³/mol. The molecule has 3 rings (SSSR count). The van der Waals surface area contributed by atoms with Gasteiger partial charge in [-0.3, -0.25) is 9.69 Å². The second kappa shape index (κ2) is 7.70. The van der Waals surface area contributed by atoms with Gasteiger partial charge in [-0.2, -0.15) is 11.8 Å². The molecule has 0 spiro atoms. The molecule has 7 heteroatoms. The van der Waals surface area contributed by atoms with E-state index < -0.39 is 0 Å². The molecule has 0 atom stereocenters. The largest absolute Gasteiger partial charge is 0.347 e. The first-order valence-corrected chi connectivity index (χ1v) is 9.84. The zero-order chi connectivity index (χ0) is 17.1. The molecular weight excluding hydrogens is 322 g/mol. The summed E-state index contributed by atoms with van der Waals surface area (Å²) in [5.41, 5.74) is 1.38. The minimum absolute atomic E-state index is 0.0663. The van der Waals surface area contributed by atoms with E-state index in [0.29, 0.717) is 17.6 Å². The van der Waals surface area contributed by atoms with Gasteiger partial charge >= 0.3 is 0 Å². The summed E-state index contributed by atoms with van der Waals surface area (Å²) >= 11 is 2.06. The molecule has 0 aliphatic carbocycles. The first kappa shape index (κ1) is 17.5. The first-order chi connectivity index (χ1) is 11.6. The van der Waals surface area contributed by atoms with Gasteiger partial charge in [0, 0.05) is 52.5 Å². The molecule has 2 fully saturated rings. The van der Waals surface area contributed by atoms with Crippen molar-refractivity contribution >= 4 is 23.6 Å². The summed E-state index contributed by atoms with van der Waals surface area (Å²) in [6.07, 6.45) is 4.25. The fourth-order valence-corrected chi connectivity index (χ4v) is 4.47. The summed E-state index contributed by atoms with van der Waals surface area (Å²) in [7, 11) is 3.80. The van der Waals surface area contributed by atoms with Gasteiger partial charge in [-0.1, -0.05) is 0 Å². The van der Waals surface area contributed by atoms with Crippen LogP contribution < -0.4 is 4.90 Å². The van der Waals surface area contributed by atoms with Crippen LogP contribution in [0.4, 0.5) is 5.95 Å². The van der Waals surface area contributed by atoms with Crippen molar-refractivity contribution in [3.8, 4) is 0 Å². The van der Waals surface area contributed by atoms with Crippen molar-refractivity contribution in [3.05, 3.63) is 17.5 Å². The number of nitrogens with zero attached hydrogens (tertiary/aromatic N) is 5. The third-order valence-electron chi connectivity index (χ3n) is 4.91. The fraction of sp³-hybridized carbons (Fsp3) is 0.706. The summed E-state index contributed by atoms with van der Waals surface area (Å²) in [5, 5.41) is 0. The minimum Gasteiger partial charge on any atom is -0.347 e. The molecule has 24 heavy (non-hydrogen) atoms. The molecular formula is C17H27N5OS. The Labute approximate surface area is 148 Å². The highest BCUT2D eigenvalue weighted by Crippen LogP contribution is 2.23. The molecule has 1 amide bonds. The lowest BCUT2D eigenvalue weighted by molar-refractivity contribution is 0.0557. The van der Waals surface area contributed by atoms with Gasteiger partial charge in [0.1, 0.15) is 0 Å². The number of hydrogen-bond donors (Lipinski definition) is 0. The van der Waals surface area contributed by atoms with Crippen LogP contribution >= 0.6 is 11.8 Å². The van der Waals surface area contributed by atoms with Gasteiger partial charge in [0.25, 0.3) is 5.91 Å². The maximum Gasteiger partial charge on any atom is 0.257 e. The van der Waals surface area contributed by atoms with Crippen molar-refractivity contribution in [2.45, 2.75) is 25.8 Å². The summed E-state index contributed by atoms with van der Waals surface area (Å²) in [6, 6.07) is 0.716. The Morgan fingerprint density at radius 1 is 1.21 bits per heavy atom. The van der Waals surface area contributed by atoms with Crippen molar-refractivity contribution < 1.29 is 4.79 Å². The van der Waals surface area contributed by atoms with E-state index in [1.165, 1.54) is 24.3 Å². The van der Waals surface area contributed by atoms with Crippen molar-refractivity contribution in [2.24, 2.45) is 0 Å². The zero-order valence-corrected chi connectivity index (χ0v) is 15.7. The summed E-state index contributed by atoms with van der Waals surface area (Å²) in [6.45, 7) is 5.46. The Hall–Kier alpha value is -1.34. The zero-order valence-electron chi connectivity index (χ0n) is 14.9. The average molecular weight is 350 g/mol. The Morgan fingerprint density at radius 3 is 2.46 bits per heavy atom. The summed E-state index contributed by atoms with van der Waals surface area (Å²) in [5.74, 6) is 3.26. The summed E-state index contributed by atoms with van der Waals surface area (Å²) < 4.78 is 0. The van der Waals surface area contributed by atoms with Crippen molar-refractivity contribution in [3.63, 3.8) is 0 Å². The van der Waals surface area contributed by atoms with E-state index in [-0.39, 0.29) is 5.91 Å². The SMILES string of the molecule is Cc1nc(N(C)C)ncc1C(=O)N1CCN(C2CCSCC2)CC1. The van der Waals surface area contributed by atoms with Crippen molar-refractivity contribution in [1.29, 1.82) is 0 Å². The standard InChI is InChI=1S/C17H27N5OS/c1-13-15(12-18-17(19-13)20(2)3)16(23)22-8-6-21(7-9-22)14-4-10-24-11-5-14/h12,14H,4-11H2,1-3H3. The number of piperazine rings is 1. The molecule has 0 saturated carbocycles.